The molecule has 10 nitrogen and oxygen atoms in total. The van der Waals surface area contributed by atoms with Crippen molar-refractivity contribution in [1.82, 2.24) is 24.7 Å². The minimum absolute atomic E-state index is 0.154. The number of benzene rings is 2. The molecule has 0 saturated carbocycles. The van der Waals surface area contributed by atoms with Gasteiger partial charge in [0.15, 0.2) is 5.65 Å². The number of ether oxygens (including phenoxy) is 1. The molecule has 5 aromatic rings. The number of fused-ring (bicyclic) bond motifs is 1. The molecule has 0 radical (unpaired) electrons. The van der Waals surface area contributed by atoms with Crippen molar-refractivity contribution in [3.8, 4) is 17.0 Å². The van der Waals surface area contributed by atoms with Crippen LogP contribution < -0.4 is 15.4 Å². The first-order chi connectivity index (χ1) is 18.7. The maximum Gasteiger partial charge on any atom is 0.294 e. The Bertz CT molecular complexity index is 1510. The monoisotopic (exact) mass is 509 g/mol. The Morgan fingerprint density at radius 3 is 2.50 bits per heavy atom. The van der Waals surface area contributed by atoms with Crippen LogP contribution in [0.5, 0.6) is 5.75 Å². The van der Waals surface area contributed by atoms with E-state index < -0.39 is 0 Å². The van der Waals surface area contributed by atoms with Crippen molar-refractivity contribution in [3.05, 3.63) is 84.8 Å². The Morgan fingerprint density at radius 2 is 1.74 bits per heavy atom. The van der Waals surface area contributed by atoms with Gasteiger partial charge in [0.25, 0.3) is 5.91 Å². The van der Waals surface area contributed by atoms with Crippen molar-refractivity contribution >= 4 is 28.9 Å². The van der Waals surface area contributed by atoms with Gasteiger partial charge in [-0.25, -0.2) is 4.52 Å². The highest BCUT2D eigenvalue weighted by atomic mass is 16.5. The fraction of sp³-hybridized carbons (Fsp3) is 0.214. The maximum atomic E-state index is 12.2. The van der Waals surface area contributed by atoms with Crippen LogP contribution in [-0.2, 0) is 0 Å². The van der Waals surface area contributed by atoms with Gasteiger partial charge in [-0.05, 0) is 74.5 Å². The lowest BCUT2D eigenvalue weighted by Crippen LogP contribution is -2.25. The molecule has 2 N–H and O–H groups in total. The van der Waals surface area contributed by atoms with Gasteiger partial charge in [-0.2, -0.15) is 4.98 Å². The number of hydrogen-bond acceptors (Lipinski definition) is 8. The molecule has 6 rings (SSSR count). The van der Waals surface area contributed by atoms with Gasteiger partial charge in [0.1, 0.15) is 12.4 Å². The largest absolute Gasteiger partial charge is 0.492 e. The van der Waals surface area contributed by atoms with Crippen LogP contribution in [0.3, 0.4) is 0 Å². The van der Waals surface area contributed by atoms with Gasteiger partial charge in [-0.3, -0.25) is 9.69 Å². The van der Waals surface area contributed by atoms with Gasteiger partial charge < -0.3 is 19.9 Å². The SMILES string of the molecule is O=C(Nc1ccc(-c2cccc3nc(Nc4ccc(OCCN5CCCC5)cc4)nn23)cc1)c1ccno1. The molecule has 0 spiro atoms. The summed E-state index contributed by atoms with van der Waals surface area (Å²) in [5.41, 5.74) is 4.04. The summed E-state index contributed by atoms with van der Waals surface area (Å²) in [6.45, 7) is 4.01. The summed E-state index contributed by atoms with van der Waals surface area (Å²) in [6, 6.07) is 22.7. The number of pyridine rings is 1. The summed E-state index contributed by atoms with van der Waals surface area (Å²) in [4.78, 5) is 19.3. The van der Waals surface area contributed by atoms with Gasteiger partial charge in [0.2, 0.25) is 11.7 Å². The zero-order valence-corrected chi connectivity index (χ0v) is 20.7. The molecule has 1 aliphatic rings. The van der Waals surface area contributed by atoms with Crippen LogP contribution in [-0.4, -0.2) is 56.8 Å². The normalized spacial score (nSPS) is 13.6. The summed E-state index contributed by atoms with van der Waals surface area (Å²) in [5.74, 6) is 1.14. The number of hydrogen-bond donors (Lipinski definition) is 2. The lowest BCUT2D eigenvalue weighted by atomic mass is 10.1. The molecule has 4 heterocycles. The van der Waals surface area contributed by atoms with Crippen LogP contribution >= 0.6 is 0 Å². The fourth-order valence-electron chi connectivity index (χ4n) is 4.49. The molecule has 1 aliphatic heterocycles. The summed E-state index contributed by atoms with van der Waals surface area (Å²) < 4.78 is 12.6. The zero-order valence-electron chi connectivity index (χ0n) is 20.7. The van der Waals surface area contributed by atoms with Crippen LogP contribution in [0.4, 0.5) is 17.3 Å². The molecule has 1 fully saturated rings. The second kappa shape index (κ2) is 10.7. The molecule has 1 amide bonds. The lowest BCUT2D eigenvalue weighted by molar-refractivity contribution is 0.0988. The summed E-state index contributed by atoms with van der Waals surface area (Å²) in [5, 5.41) is 14.3. The first-order valence-corrected chi connectivity index (χ1v) is 12.6. The average molecular weight is 510 g/mol. The van der Waals surface area contributed by atoms with E-state index in [1.54, 1.807) is 4.52 Å². The molecule has 1 saturated heterocycles. The topological polar surface area (TPSA) is 110 Å². The summed E-state index contributed by atoms with van der Waals surface area (Å²) in [7, 11) is 0. The maximum absolute atomic E-state index is 12.2. The zero-order chi connectivity index (χ0) is 25.7. The average Bonchev–Trinajstić information content (AvgIpc) is 3.72. The van der Waals surface area contributed by atoms with Crippen molar-refractivity contribution in [1.29, 1.82) is 0 Å². The highest BCUT2D eigenvalue weighted by molar-refractivity contribution is 6.02. The minimum Gasteiger partial charge on any atom is -0.492 e. The van der Waals surface area contributed by atoms with E-state index in [0.29, 0.717) is 18.2 Å². The summed E-state index contributed by atoms with van der Waals surface area (Å²) >= 11 is 0. The number of anilines is 3. The van der Waals surface area contributed by atoms with E-state index in [-0.39, 0.29) is 11.7 Å². The Balaban J connectivity index is 1.11. The number of nitrogens with zero attached hydrogens (tertiary/aromatic N) is 5. The summed E-state index contributed by atoms with van der Waals surface area (Å²) in [6.07, 6.45) is 4.01. The highest BCUT2D eigenvalue weighted by Crippen LogP contribution is 2.24. The van der Waals surface area contributed by atoms with E-state index in [4.69, 9.17) is 9.26 Å². The Kier molecular flexibility index (Phi) is 6.69. The molecule has 2 aromatic carbocycles. The molecule has 3 aromatic heterocycles. The van der Waals surface area contributed by atoms with E-state index >= 15 is 0 Å². The molecule has 38 heavy (non-hydrogen) atoms. The van der Waals surface area contributed by atoms with Crippen LogP contribution in [0.2, 0.25) is 0 Å². The highest BCUT2D eigenvalue weighted by Gasteiger charge is 2.13. The van der Waals surface area contributed by atoms with E-state index in [0.717, 1.165) is 34.9 Å². The van der Waals surface area contributed by atoms with E-state index in [1.807, 2.05) is 66.7 Å². The van der Waals surface area contributed by atoms with Gasteiger partial charge >= 0.3 is 0 Å². The van der Waals surface area contributed by atoms with E-state index in [2.05, 4.69) is 30.8 Å². The van der Waals surface area contributed by atoms with E-state index in [9.17, 15) is 4.79 Å². The Labute approximate surface area is 219 Å². The predicted octanol–water partition coefficient (Wildman–Crippen LogP) is 4.85. The minimum atomic E-state index is -0.356. The molecule has 10 heteroatoms. The van der Waals surface area contributed by atoms with Crippen LogP contribution in [0, 0.1) is 0 Å². The third-order valence-corrected chi connectivity index (χ3v) is 6.45. The van der Waals surface area contributed by atoms with Crippen molar-refractivity contribution in [3.63, 3.8) is 0 Å². The number of carbonyl (C=O) groups is 1. The van der Waals surface area contributed by atoms with E-state index in [1.165, 1.54) is 38.2 Å². The Hall–Kier alpha value is -4.70. The number of likely N-dealkylation sites (tertiary alicyclic amines) is 1. The van der Waals surface area contributed by atoms with Gasteiger partial charge in [0, 0.05) is 29.5 Å². The van der Waals surface area contributed by atoms with Gasteiger partial charge in [0.05, 0.1) is 11.9 Å². The Morgan fingerprint density at radius 1 is 0.947 bits per heavy atom. The number of aromatic nitrogens is 4. The molecular formula is C28H27N7O3. The molecule has 0 atom stereocenters. The fourth-order valence-corrected chi connectivity index (χ4v) is 4.49. The predicted molar refractivity (Wildman–Crippen MR) is 144 cm³/mol. The lowest BCUT2D eigenvalue weighted by Gasteiger charge is -2.15. The third kappa shape index (κ3) is 5.35. The second-order valence-electron chi connectivity index (χ2n) is 9.07. The van der Waals surface area contributed by atoms with Crippen LogP contribution in [0.15, 0.2) is 83.5 Å². The quantitative estimate of drug-likeness (QED) is 0.290. The van der Waals surface area contributed by atoms with Crippen molar-refractivity contribution < 1.29 is 14.1 Å². The smallest absolute Gasteiger partial charge is 0.294 e. The van der Waals surface area contributed by atoms with Crippen molar-refractivity contribution in [2.24, 2.45) is 0 Å². The number of carbonyl (C=O) groups excluding carboxylic acids is 1. The molecule has 0 aliphatic carbocycles. The molecule has 192 valence electrons. The van der Waals surface area contributed by atoms with Crippen molar-refractivity contribution in [2.75, 3.05) is 36.9 Å². The molecule has 0 bridgehead atoms. The third-order valence-electron chi connectivity index (χ3n) is 6.45. The van der Waals surface area contributed by atoms with Crippen LogP contribution in [0.1, 0.15) is 23.4 Å². The second-order valence-corrected chi connectivity index (χ2v) is 9.07. The number of nitrogens with one attached hydrogen (secondary N) is 2. The first kappa shape index (κ1) is 23.7. The first-order valence-electron chi connectivity index (χ1n) is 12.6. The standard InChI is InChI=1S/C28H27N7O3/c36-27(25-14-15-29-38-25)30-21-8-6-20(7-9-21)24-4-3-5-26-32-28(33-35(24)26)31-22-10-12-23(13-11-22)37-19-18-34-16-1-2-17-34/h3-15H,1-2,16-19H2,(H,30,36)(H,31,33). The van der Waals surface area contributed by atoms with Gasteiger partial charge in [-0.1, -0.05) is 23.4 Å². The van der Waals surface area contributed by atoms with Gasteiger partial charge in [-0.15, -0.1) is 5.10 Å². The van der Waals surface area contributed by atoms with Crippen molar-refractivity contribution in [2.45, 2.75) is 12.8 Å². The number of rotatable bonds is 9. The molecule has 0 unspecified atom stereocenters. The number of amides is 1. The van der Waals surface area contributed by atoms with Crippen LogP contribution in [0.25, 0.3) is 16.9 Å². The molecular weight excluding hydrogens is 482 g/mol.